The fourth-order valence-electron chi connectivity index (χ4n) is 3.02. The lowest BCUT2D eigenvalue weighted by atomic mass is 10.0. The maximum Gasteiger partial charge on any atom is 0.252 e. The van der Waals surface area contributed by atoms with Crippen molar-refractivity contribution in [3.05, 3.63) is 87.1 Å². The molecule has 2 aromatic carbocycles. The summed E-state index contributed by atoms with van der Waals surface area (Å²) in [7, 11) is 0. The molecule has 0 unspecified atom stereocenters. The van der Waals surface area contributed by atoms with E-state index in [4.69, 9.17) is 16.6 Å². The van der Waals surface area contributed by atoms with Crippen molar-refractivity contribution in [3.63, 3.8) is 0 Å². The summed E-state index contributed by atoms with van der Waals surface area (Å²) in [5.74, 6) is -0.100. The smallest absolute Gasteiger partial charge is 0.252 e. The number of carbonyl (C=O) groups excluding carboxylic acids is 1. The average molecular weight is 393 g/mol. The van der Waals surface area contributed by atoms with Crippen molar-refractivity contribution in [2.75, 3.05) is 0 Å². The minimum atomic E-state index is -0.100. The molecule has 0 aliphatic heterocycles. The SMILES string of the molecule is Cc1cccc2c(C(=O)NCc3cccs3)cc(-c3ccc(Cl)cc3)nc12. The zero-order chi connectivity index (χ0) is 18.8. The van der Waals surface area contributed by atoms with Crippen LogP contribution in [-0.2, 0) is 6.54 Å². The molecule has 3 nitrogen and oxygen atoms in total. The molecule has 0 atom stereocenters. The molecule has 0 radical (unpaired) electrons. The van der Waals surface area contributed by atoms with Gasteiger partial charge in [0.25, 0.3) is 5.91 Å². The molecule has 4 aromatic rings. The van der Waals surface area contributed by atoms with Crippen molar-refractivity contribution in [1.82, 2.24) is 10.3 Å². The van der Waals surface area contributed by atoms with E-state index < -0.39 is 0 Å². The van der Waals surface area contributed by atoms with Gasteiger partial charge in [-0.2, -0.15) is 0 Å². The molecule has 2 heterocycles. The first kappa shape index (κ1) is 17.7. The number of hydrogen-bond donors (Lipinski definition) is 1. The normalized spacial score (nSPS) is 10.9. The molecule has 2 aromatic heterocycles. The van der Waals surface area contributed by atoms with Crippen molar-refractivity contribution >= 4 is 39.7 Å². The number of aryl methyl sites for hydroxylation is 1. The molecule has 27 heavy (non-hydrogen) atoms. The molecule has 134 valence electrons. The van der Waals surface area contributed by atoms with Crippen LogP contribution in [0.2, 0.25) is 5.02 Å². The summed E-state index contributed by atoms with van der Waals surface area (Å²) in [6, 6.07) is 19.3. The molecule has 1 N–H and O–H groups in total. The lowest BCUT2D eigenvalue weighted by molar-refractivity contribution is 0.0953. The van der Waals surface area contributed by atoms with Gasteiger partial charge in [-0.25, -0.2) is 4.98 Å². The number of fused-ring (bicyclic) bond motifs is 1. The molecule has 0 aliphatic rings. The number of nitrogens with one attached hydrogen (secondary N) is 1. The Morgan fingerprint density at radius 2 is 1.93 bits per heavy atom. The number of nitrogens with zero attached hydrogens (tertiary/aromatic N) is 1. The minimum absolute atomic E-state index is 0.100. The monoisotopic (exact) mass is 392 g/mol. The highest BCUT2D eigenvalue weighted by Crippen LogP contribution is 2.27. The molecule has 0 aliphatic carbocycles. The van der Waals surface area contributed by atoms with Crippen LogP contribution in [0.4, 0.5) is 0 Å². The van der Waals surface area contributed by atoms with Gasteiger partial charge in [0.15, 0.2) is 0 Å². The van der Waals surface area contributed by atoms with Crippen molar-refractivity contribution in [2.45, 2.75) is 13.5 Å². The number of aromatic nitrogens is 1. The zero-order valence-electron chi connectivity index (χ0n) is 14.7. The number of hydrogen-bond acceptors (Lipinski definition) is 3. The predicted octanol–water partition coefficient (Wildman–Crippen LogP) is 5.86. The Bertz CT molecular complexity index is 1110. The molecule has 0 saturated heterocycles. The van der Waals surface area contributed by atoms with Crippen molar-refractivity contribution in [2.24, 2.45) is 0 Å². The standard InChI is InChI=1S/C22H17ClN2OS/c1-14-4-2-6-18-19(22(26)24-13-17-5-3-11-27-17)12-20(25-21(14)18)15-7-9-16(23)10-8-15/h2-12H,13H2,1H3,(H,24,26). The quantitative estimate of drug-likeness (QED) is 0.473. The first-order valence-corrected chi connectivity index (χ1v) is 9.84. The molecule has 5 heteroatoms. The number of carbonyl (C=O) groups is 1. The second-order valence-electron chi connectivity index (χ2n) is 6.30. The Morgan fingerprint density at radius 1 is 1.11 bits per heavy atom. The minimum Gasteiger partial charge on any atom is -0.347 e. The van der Waals surface area contributed by atoms with Gasteiger partial charge in [-0.3, -0.25) is 4.79 Å². The summed E-state index contributed by atoms with van der Waals surface area (Å²) < 4.78 is 0. The van der Waals surface area contributed by atoms with E-state index >= 15 is 0 Å². The van der Waals surface area contributed by atoms with E-state index in [2.05, 4.69) is 5.32 Å². The van der Waals surface area contributed by atoms with Gasteiger partial charge in [0.2, 0.25) is 0 Å². The number of halogens is 1. The van der Waals surface area contributed by atoms with E-state index in [1.165, 1.54) is 0 Å². The van der Waals surface area contributed by atoms with Crippen LogP contribution in [0.25, 0.3) is 22.2 Å². The van der Waals surface area contributed by atoms with Gasteiger partial charge in [0.1, 0.15) is 0 Å². The van der Waals surface area contributed by atoms with Crippen molar-refractivity contribution in [1.29, 1.82) is 0 Å². The van der Waals surface area contributed by atoms with Gasteiger partial charge in [0, 0.05) is 20.8 Å². The second kappa shape index (κ2) is 7.51. The second-order valence-corrected chi connectivity index (χ2v) is 7.76. The Morgan fingerprint density at radius 3 is 2.67 bits per heavy atom. The van der Waals surface area contributed by atoms with Gasteiger partial charge in [-0.15, -0.1) is 11.3 Å². The Hall–Kier alpha value is -2.69. The Labute approximate surface area is 166 Å². The van der Waals surface area contributed by atoms with E-state index in [1.54, 1.807) is 11.3 Å². The molecule has 0 spiro atoms. The van der Waals surface area contributed by atoms with Crippen LogP contribution in [0.1, 0.15) is 20.8 Å². The summed E-state index contributed by atoms with van der Waals surface area (Å²) in [4.78, 5) is 18.9. The van der Waals surface area contributed by atoms with Crippen LogP contribution in [0.15, 0.2) is 66.0 Å². The molecular formula is C22H17ClN2OS. The van der Waals surface area contributed by atoms with Gasteiger partial charge in [-0.05, 0) is 42.1 Å². The third kappa shape index (κ3) is 3.72. The molecule has 0 saturated carbocycles. The molecular weight excluding hydrogens is 376 g/mol. The lowest BCUT2D eigenvalue weighted by Gasteiger charge is -2.12. The van der Waals surface area contributed by atoms with E-state index in [1.807, 2.05) is 73.0 Å². The third-order valence-electron chi connectivity index (χ3n) is 4.43. The lowest BCUT2D eigenvalue weighted by Crippen LogP contribution is -2.22. The molecule has 0 bridgehead atoms. The molecule has 0 fully saturated rings. The summed E-state index contributed by atoms with van der Waals surface area (Å²) in [6.45, 7) is 2.52. The first-order chi connectivity index (χ1) is 13.1. The number of thiophene rings is 1. The highest BCUT2D eigenvalue weighted by Gasteiger charge is 2.15. The van der Waals surface area contributed by atoms with Gasteiger partial charge in [-0.1, -0.05) is 48.0 Å². The first-order valence-electron chi connectivity index (χ1n) is 8.59. The fraction of sp³-hybridized carbons (Fsp3) is 0.0909. The largest absolute Gasteiger partial charge is 0.347 e. The summed E-state index contributed by atoms with van der Waals surface area (Å²) in [5, 5.41) is 6.56. The van der Waals surface area contributed by atoms with Crippen molar-refractivity contribution in [3.8, 4) is 11.3 Å². The van der Waals surface area contributed by atoms with Crippen LogP contribution < -0.4 is 5.32 Å². The highest BCUT2D eigenvalue weighted by atomic mass is 35.5. The summed E-state index contributed by atoms with van der Waals surface area (Å²) in [6.07, 6.45) is 0. The van der Waals surface area contributed by atoms with Crippen LogP contribution in [0.5, 0.6) is 0 Å². The summed E-state index contributed by atoms with van der Waals surface area (Å²) >= 11 is 7.64. The number of rotatable bonds is 4. The summed E-state index contributed by atoms with van der Waals surface area (Å²) in [5.41, 5.74) is 4.19. The van der Waals surface area contributed by atoms with E-state index in [0.717, 1.165) is 32.6 Å². The Kier molecular flexibility index (Phi) is 4.92. The average Bonchev–Trinajstić information content (AvgIpc) is 3.20. The maximum atomic E-state index is 12.9. The molecule has 1 amide bonds. The number of amides is 1. The number of para-hydroxylation sites is 1. The number of benzene rings is 2. The van der Waals surface area contributed by atoms with E-state index in [9.17, 15) is 4.79 Å². The highest BCUT2D eigenvalue weighted by molar-refractivity contribution is 7.09. The van der Waals surface area contributed by atoms with Crippen LogP contribution >= 0.6 is 22.9 Å². The van der Waals surface area contributed by atoms with Gasteiger partial charge in [0.05, 0.1) is 23.3 Å². The zero-order valence-corrected chi connectivity index (χ0v) is 16.3. The fourth-order valence-corrected chi connectivity index (χ4v) is 3.79. The van der Waals surface area contributed by atoms with Crippen LogP contribution in [-0.4, -0.2) is 10.9 Å². The Balaban J connectivity index is 1.78. The van der Waals surface area contributed by atoms with Gasteiger partial charge < -0.3 is 5.32 Å². The molecule has 4 rings (SSSR count). The van der Waals surface area contributed by atoms with E-state index in [0.29, 0.717) is 17.1 Å². The van der Waals surface area contributed by atoms with E-state index in [-0.39, 0.29) is 5.91 Å². The third-order valence-corrected chi connectivity index (χ3v) is 5.56. The number of pyridine rings is 1. The maximum absolute atomic E-state index is 12.9. The topological polar surface area (TPSA) is 42.0 Å². The van der Waals surface area contributed by atoms with Crippen LogP contribution in [0, 0.1) is 6.92 Å². The van der Waals surface area contributed by atoms with Gasteiger partial charge >= 0.3 is 0 Å². The predicted molar refractivity (Wildman–Crippen MR) is 112 cm³/mol. The van der Waals surface area contributed by atoms with Crippen LogP contribution in [0.3, 0.4) is 0 Å². The van der Waals surface area contributed by atoms with Crippen molar-refractivity contribution < 1.29 is 4.79 Å².